The highest BCUT2D eigenvalue weighted by molar-refractivity contribution is 5.43. The highest BCUT2D eigenvalue weighted by Gasteiger charge is 2.36. The zero-order valence-electron chi connectivity index (χ0n) is 11.0. The van der Waals surface area contributed by atoms with Gasteiger partial charge in [0.25, 0.3) is 0 Å². The van der Waals surface area contributed by atoms with E-state index in [0.29, 0.717) is 12.1 Å². The minimum atomic E-state index is -4.85. The summed E-state index contributed by atoms with van der Waals surface area (Å²) in [4.78, 5) is 0. The smallest absolute Gasteiger partial charge is 0.166 e. The van der Waals surface area contributed by atoms with Crippen LogP contribution in [0.2, 0.25) is 0 Å². The van der Waals surface area contributed by atoms with E-state index in [1.165, 1.54) is 0 Å². The molecule has 6 heteroatoms. The Balaban J connectivity index is 3.42. The first-order chi connectivity index (χ1) is 8.79. The molecular formula is C14H12F6. The van der Waals surface area contributed by atoms with E-state index in [9.17, 15) is 26.3 Å². The topological polar surface area (TPSA) is 0 Å². The van der Waals surface area contributed by atoms with Crippen molar-refractivity contribution in [2.45, 2.75) is 33.1 Å². The maximum absolute atomic E-state index is 12.6. The molecule has 0 amide bonds. The molecule has 0 N–H and O–H groups in total. The quantitative estimate of drug-likeness (QED) is 0.460. The van der Waals surface area contributed by atoms with Crippen molar-refractivity contribution in [2.75, 3.05) is 0 Å². The van der Waals surface area contributed by atoms with Crippen LogP contribution in [0.3, 0.4) is 0 Å². The van der Waals surface area contributed by atoms with Gasteiger partial charge >= 0.3 is 12.4 Å². The van der Waals surface area contributed by atoms with Crippen LogP contribution < -0.4 is 0 Å². The first-order valence-corrected chi connectivity index (χ1v) is 5.62. The molecule has 0 saturated carbocycles. The molecule has 0 aliphatic heterocycles. The second-order valence-corrected chi connectivity index (χ2v) is 5.29. The Morgan fingerprint density at radius 2 is 1.15 bits per heavy atom. The molecule has 0 aliphatic rings. The number of alkyl halides is 6. The highest BCUT2D eigenvalue weighted by Crippen LogP contribution is 2.36. The zero-order valence-corrected chi connectivity index (χ0v) is 11.0. The van der Waals surface area contributed by atoms with Gasteiger partial charge in [-0.25, -0.2) is 0 Å². The van der Waals surface area contributed by atoms with E-state index in [4.69, 9.17) is 0 Å². The van der Waals surface area contributed by atoms with Crippen molar-refractivity contribution < 1.29 is 26.3 Å². The summed E-state index contributed by atoms with van der Waals surface area (Å²) < 4.78 is 75.6. The summed E-state index contributed by atoms with van der Waals surface area (Å²) in [6.07, 6.45) is -9.70. The summed E-state index contributed by atoms with van der Waals surface area (Å²) in [6, 6.07) is 1.32. The molecule has 0 bridgehead atoms. The van der Waals surface area contributed by atoms with Crippen molar-refractivity contribution >= 4 is 0 Å². The third kappa shape index (κ3) is 4.80. The molecule has 1 aromatic carbocycles. The lowest BCUT2D eigenvalue weighted by atomic mass is 9.96. The fourth-order valence-electron chi connectivity index (χ4n) is 1.29. The standard InChI is InChI=1S/C14H12F6/c1-12(2,3)5-4-9-6-10(13(15,16)17)8-11(7-9)14(18,19)20/h6-8H,1-3H3. The highest BCUT2D eigenvalue weighted by atomic mass is 19.4. The molecule has 0 nitrogen and oxygen atoms in total. The van der Waals surface area contributed by atoms with Gasteiger partial charge in [0.05, 0.1) is 11.1 Å². The van der Waals surface area contributed by atoms with Crippen LogP contribution in [0, 0.1) is 17.3 Å². The van der Waals surface area contributed by atoms with Gasteiger partial charge in [-0.3, -0.25) is 0 Å². The van der Waals surface area contributed by atoms with Crippen LogP contribution in [0.5, 0.6) is 0 Å². The molecule has 110 valence electrons. The average molecular weight is 294 g/mol. The van der Waals surface area contributed by atoms with Crippen molar-refractivity contribution in [3.8, 4) is 11.8 Å². The Kier molecular flexibility index (Phi) is 4.14. The summed E-state index contributed by atoms with van der Waals surface area (Å²) in [6.45, 7) is 5.12. The van der Waals surface area contributed by atoms with Gasteiger partial charge in [0.2, 0.25) is 0 Å². The lowest BCUT2D eigenvalue weighted by molar-refractivity contribution is -0.143. The van der Waals surface area contributed by atoms with Crippen LogP contribution in [-0.2, 0) is 12.4 Å². The minimum Gasteiger partial charge on any atom is -0.166 e. The van der Waals surface area contributed by atoms with E-state index in [2.05, 4.69) is 11.8 Å². The van der Waals surface area contributed by atoms with Crippen LogP contribution >= 0.6 is 0 Å². The molecule has 20 heavy (non-hydrogen) atoms. The van der Waals surface area contributed by atoms with Gasteiger partial charge in [-0.1, -0.05) is 11.8 Å². The van der Waals surface area contributed by atoms with Crippen molar-refractivity contribution in [3.63, 3.8) is 0 Å². The molecule has 0 heterocycles. The molecule has 0 spiro atoms. The van der Waals surface area contributed by atoms with Crippen LogP contribution in [0.1, 0.15) is 37.5 Å². The SMILES string of the molecule is CC(C)(C)C#Cc1cc(C(F)(F)F)cc(C(F)(F)F)c1. The van der Waals surface area contributed by atoms with Crippen molar-refractivity contribution in [3.05, 3.63) is 34.9 Å². The normalized spacial score (nSPS) is 12.8. The fraction of sp³-hybridized carbons (Fsp3) is 0.429. The van der Waals surface area contributed by atoms with Gasteiger partial charge < -0.3 is 0 Å². The van der Waals surface area contributed by atoms with E-state index in [-0.39, 0.29) is 11.6 Å². The second kappa shape index (κ2) is 5.04. The van der Waals surface area contributed by atoms with Crippen LogP contribution in [0.25, 0.3) is 0 Å². The van der Waals surface area contributed by atoms with Crippen LogP contribution in [-0.4, -0.2) is 0 Å². The molecule has 1 rings (SSSR count). The Morgan fingerprint density at radius 1 is 0.750 bits per heavy atom. The summed E-state index contributed by atoms with van der Waals surface area (Å²) in [5, 5.41) is 0. The monoisotopic (exact) mass is 294 g/mol. The maximum Gasteiger partial charge on any atom is 0.416 e. The van der Waals surface area contributed by atoms with E-state index >= 15 is 0 Å². The van der Waals surface area contributed by atoms with Crippen LogP contribution in [0.4, 0.5) is 26.3 Å². The van der Waals surface area contributed by atoms with Gasteiger partial charge in [-0.2, -0.15) is 26.3 Å². The molecule has 0 aliphatic carbocycles. The van der Waals surface area contributed by atoms with Gasteiger partial charge in [0.15, 0.2) is 0 Å². The Bertz CT molecular complexity index is 514. The third-order valence-corrected chi connectivity index (χ3v) is 2.17. The first kappa shape index (κ1) is 16.4. The van der Waals surface area contributed by atoms with E-state index in [0.717, 1.165) is 0 Å². The number of hydrogen-bond donors (Lipinski definition) is 0. The lowest BCUT2D eigenvalue weighted by Crippen LogP contribution is -2.11. The van der Waals surface area contributed by atoms with Crippen molar-refractivity contribution in [1.82, 2.24) is 0 Å². The van der Waals surface area contributed by atoms with Gasteiger partial charge in [-0.15, -0.1) is 0 Å². The largest absolute Gasteiger partial charge is 0.416 e. The lowest BCUT2D eigenvalue weighted by Gasteiger charge is -2.12. The number of rotatable bonds is 0. The molecule has 0 atom stereocenters. The van der Waals surface area contributed by atoms with E-state index < -0.39 is 28.9 Å². The second-order valence-electron chi connectivity index (χ2n) is 5.29. The van der Waals surface area contributed by atoms with Crippen LogP contribution in [0.15, 0.2) is 18.2 Å². The average Bonchev–Trinajstić information content (AvgIpc) is 2.22. The molecule has 0 fully saturated rings. The van der Waals surface area contributed by atoms with Gasteiger partial charge in [0.1, 0.15) is 0 Å². The molecule has 1 aromatic rings. The number of benzene rings is 1. The minimum absolute atomic E-state index is 0.0856. The Labute approximate surface area is 112 Å². The molecule has 0 radical (unpaired) electrons. The molecule has 0 aromatic heterocycles. The summed E-state index contributed by atoms with van der Waals surface area (Å²) in [5.41, 5.74) is -3.54. The van der Waals surface area contributed by atoms with E-state index in [1.807, 2.05) is 0 Å². The molecule has 0 saturated heterocycles. The first-order valence-electron chi connectivity index (χ1n) is 5.62. The summed E-state index contributed by atoms with van der Waals surface area (Å²) >= 11 is 0. The Hall–Kier alpha value is -1.64. The zero-order chi connectivity index (χ0) is 15.8. The summed E-state index contributed by atoms with van der Waals surface area (Å²) in [5.74, 6) is 4.97. The third-order valence-electron chi connectivity index (χ3n) is 2.17. The summed E-state index contributed by atoms with van der Waals surface area (Å²) in [7, 11) is 0. The number of halogens is 6. The van der Waals surface area contributed by atoms with Gasteiger partial charge in [-0.05, 0) is 39.0 Å². The predicted octanol–water partition coefficient (Wildman–Crippen LogP) is 5.12. The maximum atomic E-state index is 12.6. The van der Waals surface area contributed by atoms with Crippen molar-refractivity contribution in [2.24, 2.45) is 5.41 Å². The van der Waals surface area contributed by atoms with Crippen molar-refractivity contribution in [1.29, 1.82) is 0 Å². The predicted molar refractivity (Wildman–Crippen MR) is 62.8 cm³/mol. The molecule has 0 unspecified atom stereocenters. The Morgan fingerprint density at radius 3 is 1.45 bits per heavy atom. The molecular weight excluding hydrogens is 282 g/mol. The van der Waals surface area contributed by atoms with Gasteiger partial charge in [0, 0.05) is 11.0 Å². The number of hydrogen-bond acceptors (Lipinski definition) is 0. The fourth-order valence-corrected chi connectivity index (χ4v) is 1.29. The van der Waals surface area contributed by atoms with E-state index in [1.54, 1.807) is 20.8 Å².